The fraction of sp³-hybridized carbons (Fsp3) is 0.300. The summed E-state index contributed by atoms with van der Waals surface area (Å²) >= 11 is 0. The van der Waals surface area contributed by atoms with Gasteiger partial charge in [0.15, 0.2) is 17.2 Å². The van der Waals surface area contributed by atoms with Crippen molar-refractivity contribution in [3.8, 4) is 17.2 Å². The number of carbonyl (C=O) groups excluding carboxylic acids is 2. The first-order chi connectivity index (χ1) is 13.1. The minimum Gasteiger partial charge on any atom is -0.493 e. The Hall–Kier alpha value is -3.22. The number of likely N-dealkylation sites (tertiary alicyclic amines) is 1. The van der Waals surface area contributed by atoms with Crippen molar-refractivity contribution in [1.82, 2.24) is 10.2 Å². The largest absolute Gasteiger partial charge is 0.493 e. The third-order valence-corrected chi connectivity index (χ3v) is 4.39. The van der Waals surface area contributed by atoms with Crippen LogP contribution in [0.4, 0.5) is 10.5 Å². The van der Waals surface area contributed by atoms with Gasteiger partial charge in [0.1, 0.15) is 0 Å². The van der Waals surface area contributed by atoms with Crippen molar-refractivity contribution in [1.29, 1.82) is 0 Å². The lowest BCUT2D eigenvalue weighted by Crippen LogP contribution is -2.49. The summed E-state index contributed by atoms with van der Waals surface area (Å²) in [6, 6.07) is 14.1. The maximum atomic E-state index is 12.4. The molecule has 0 saturated carbocycles. The molecule has 7 heteroatoms. The molecule has 1 saturated heterocycles. The van der Waals surface area contributed by atoms with Crippen molar-refractivity contribution in [3.05, 3.63) is 48.5 Å². The molecule has 27 heavy (non-hydrogen) atoms. The number of piperidine rings is 1. The van der Waals surface area contributed by atoms with Gasteiger partial charge in [-0.15, -0.1) is 0 Å². The first kappa shape index (κ1) is 18.6. The number of benzene rings is 2. The molecule has 0 radical (unpaired) electrons. The summed E-state index contributed by atoms with van der Waals surface area (Å²) < 4.78 is 11.2. The van der Waals surface area contributed by atoms with Crippen molar-refractivity contribution in [2.75, 3.05) is 26.0 Å². The Balaban J connectivity index is 1.67. The van der Waals surface area contributed by atoms with E-state index in [0.717, 1.165) is 0 Å². The summed E-state index contributed by atoms with van der Waals surface area (Å²) in [6.45, 7) is 0.506. The third kappa shape index (κ3) is 4.69. The van der Waals surface area contributed by atoms with Crippen LogP contribution in [0.5, 0.6) is 17.2 Å². The summed E-state index contributed by atoms with van der Waals surface area (Å²) in [5.74, 6) is 1.77. The Morgan fingerprint density at radius 2 is 1.74 bits per heavy atom. The van der Waals surface area contributed by atoms with Gasteiger partial charge in [-0.2, -0.15) is 0 Å². The van der Waals surface area contributed by atoms with Gasteiger partial charge in [0.05, 0.1) is 12.8 Å². The van der Waals surface area contributed by atoms with Crippen LogP contribution in [0.1, 0.15) is 12.8 Å². The van der Waals surface area contributed by atoms with E-state index in [1.165, 1.54) is 0 Å². The molecular weight excluding hydrogens is 346 g/mol. The number of urea groups is 1. The predicted molar refractivity (Wildman–Crippen MR) is 102 cm³/mol. The molecular formula is C20H23N3O4. The number of nitrogens with one attached hydrogen (secondary N) is 2. The van der Waals surface area contributed by atoms with Crippen molar-refractivity contribution < 1.29 is 19.1 Å². The smallest absolute Gasteiger partial charge is 0.319 e. The first-order valence-electron chi connectivity index (χ1n) is 8.78. The maximum absolute atomic E-state index is 12.4. The zero-order valence-corrected chi connectivity index (χ0v) is 15.4. The number of nitrogens with zero attached hydrogens (tertiary/aromatic N) is 1. The highest BCUT2D eigenvalue weighted by molar-refractivity contribution is 5.91. The maximum Gasteiger partial charge on any atom is 0.319 e. The van der Waals surface area contributed by atoms with Crippen LogP contribution in [0.15, 0.2) is 48.5 Å². The number of hydrogen-bond donors (Lipinski definition) is 2. The molecule has 0 aromatic heterocycles. The number of hydrogen-bond acceptors (Lipinski definition) is 4. The van der Waals surface area contributed by atoms with Crippen molar-refractivity contribution >= 4 is 17.6 Å². The molecule has 1 atom stereocenters. The van der Waals surface area contributed by atoms with Crippen molar-refractivity contribution in [2.45, 2.75) is 18.9 Å². The molecule has 2 N–H and O–H groups in total. The minimum atomic E-state index is -0.334. The van der Waals surface area contributed by atoms with Gasteiger partial charge >= 0.3 is 6.03 Å². The highest BCUT2D eigenvalue weighted by Crippen LogP contribution is 2.34. The van der Waals surface area contributed by atoms with E-state index in [9.17, 15) is 9.59 Å². The number of rotatable bonds is 5. The zero-order valence-electron chi connectivity index (χ0n) is 15.4. The van der Waals surface area contributed by atoms with Gasteiger partial charge in [0.2, 0.25) is 5.91 Å². The van der Waals surface area contributed by atoms with Gasteiger partial charge in [-0.25, -0.2) is 4.79 Å². The Labute approximate surface area is 158 Å². The molecule has 0 unspecified atom stereocenters. The molecule has 1 fully saturated rings. The molecule has 1 heterocycles. The summed E-state index contributed by atoms with van der Waals surface area (Å²) in [7, 11) is 3.32. The average molecular weight is 369 g/mol. The van der Waals surface area contributed by atoms with Crippen LogP contribution < -0.4 is 20.1 Å². The van der Waals surface area contributed by atoms with E-state index in [0.29, 0.717) is 42.3 Å². The lowest BCUT2D eigenvalue weighted by atomic mass is 10.1. The summed E-state index contributed by atoms with van der Waals surface area (Å²) in [4.78, 5) is 25.6. The Bertz CT molecular complexity index is 824. The molecule has 0 bridgehead atoms. The van der Waals surface area contributed by atoms with E-state index in [1.807, 2.05) is 24.3 Å². The van der Waals surface area contributed by atoms with Crippen molar-refractivity contribution in [2.24, 2.45) is 0 Å². The Morgan fingerprint density at radius 1 is 1.07 bits per heavy atom. The van der Waals surface area contributed by atoms with Crippen molar-refractivity contribution in [3.63, 3.8) is 0 Å². The number of methoxy groups -OCH3 is 1. The van der Waals surface area contributed by atoms with Gasteiger partial charge in [-0.1, -0.05) is 24.3 Å². The minimum absolute atomic E-state index is 0.0741. The van der Waals surface area contributed by atoms with E-state index in [4.69, 9.17) is 9.47 Å². The Kier molecular flexibility index (Phi) is 5.80. The summed E-state index contributed by atoms with van der Waals surface area (Å²) in [6.07, 6.45) is 1.07. The van der Waals surface area contributed by atoms with Gasteiger partial charge < -0.3 is 25.0 Å². The lowest BCUT2D eigenvalue weighted by molar-refractivity contribution is -0.132. The van der Waals surface area contributed by atoms with Gasteiger partial charge in [0, 0.05) is 26.1 Å². The lowest BCUT2D eigenvalue weighted by Gasteiger charge is -2.30. The second kappa shape index (κ2) is 8.44. The summed E-state index contributed by atoms with van der Waals surface area (Å²) in [5, 5.41) is 5.73. The quantitative estimate of drug-likeness (QED) is 0.848. The van der Waals surface area contributed by atoms with Crippen LogP contribution in [0.3, 0.4) is 0 Å². The molecule has 2 aromatic carbocycles. The topological polar surface area (TPSA) is 79.9 Å². The highest BCUT2D eigenvalue weighted by Gasteiger charge is 2.24. The molecule has 7 nitrogen and oxygen atoms in total. The number of ether oxygens (including phenoxy) is 2. The van der Waals surface area contributed by atoms with E-state index in [2.05, 4.69) is 10.6 Å². The van der Waals surface area contributed by atoms with E-state index in [1.54, 1.807) is 43.3 Å². The third-order valence-electron chi connectivity index (χ3n) is 4.39. The van der Waals surface area contributed by atoms with Crippen LogP contribution in [0.25, 0.3) is 0 Å². The van der Waals surface area contributed by atoms with E-state index < -0.39 is 0 Å². The first-order valence-corrected chi connectivity index (χ1v) is 8.78. The van der Waals surface area contributed by atoms with E-state index in [-0.39, 0.29) is 18.0 Å². The van der Waals surface area contributed by atoms with Crippen LogP contribution in [0, 0.1) is 0 Å². The summed E-state index contributed by atoms with van der Waals surface area (Å²) in [5.41, 5.74) is 0.543. The SMILES string of the molecule is COc1ccccc1Oc1ccccc1NC(=O)N[C@H]1CCC(=O)N(C)C1. The van der Waals surface area contributed by atoms with Crippen LogP contribution in [-0.2, 0) is 4.79 Å². The number of likely N-dealkylation sites (N-methyl/N-ethyl adjacent to an activating group) is 1. The molecule has 142 valence electrons. The molecule has 0 spiro atoms. The van der Waals surface area contributed by atoms with Gasteiger partial charge in [-0.3, -0.25) is 4.79 Å². The molecule has 1 aliphatic rings. The normalized spacial score (nSPS) is 16.6. The zero-order chi connectivity index (χ0) is 19.2. The molecule has 1 aliphatic heterocycles. The van der Waals surface area contributed by atoms with Crippen LogP contribution in [0.2, 0.25) is 0 Å². The van der Waals surface area contributed by atoms with Gasteiger partial charge in [-0.05, 0) is 30.7 Å². The molecule has 3 amide bonds. The number of anilines is 1. The standard InChI is InChI=1S/C20H23N3O4/c1-23-13-14(11-12-19(23)24)21-20(25)22-15-7-3-4-8-16(15)27-18-10-6-5-9-17(18)26-2/h3-10,14H,11-13H2,1-2H3,(H2,21,22,25)/t14-/m0/s1. The fourth-order valence-corrected chi connectivity index (χ4v) is 2.95. The molecule has 3 rings (SSSR count). The van der Waals surface area contributed by atoms with E-state index >= 15 is 0 Å². The van der Waals surface area contributed by atoms with Gasteiger partial charge in [0.25, 0.3) is 0 Å². The number of carbonyl (C=O) groups is 2. The number of amides is 3. The molecule has 0 aliphatic carbocycles. The van der Waals surface area contributed by atoms with Crippen LogP contribution >= 0.6 is 0 Å². The number of para-hydroxylation sites is 4. The van der Waals surface area contributed by atoms with Crippen LogP contribution in [-0.4, -0.2) is 43.6 Å². The second-order valence-electron chi connectivity index (χ2n) is 6.36. The average Bonchev–Trinajstić information content (AvgIpc) is 2.67. The predicted octanol–water partition coefficient (Wildman–Crippen LogP) is 3.23. The monoisotopic (exact) mass is 369 g/mol. The Morgan fingerprint density at radius 3 is 2.44 bits per heavy atom. The molecule has 2 aromatic rings. The second-order valence-corrected chi connectivity index (χ2v) is 6.36. The fourth-order valence-electron chi connectivity index (χ4n) is 2.95. The highest BCUT2D eigenvalue weighted by atomic mass is 16.5.